The number of ketones is 1. The van der Waals surface area contributed by atoms with Crippen molar-refractivity contribution in [1.82, 2.24) is 9.97 Å². The molecule has 30 heavy (non-hydrogen) atoms. The molecule has 3 aromatic rings. The molecule has 6 nitrogen and oxygen atoms in total. The summed E-state index contributed by atoms with van der Waals surface area (Å²) in [6, 6.07) is 8.55. The van der Waals surface area contributed by atoms with Gasteiger partial charge in [-0.3, -0.25) is 19.5 Å². The van der Waals surface area contributed by atoms with Crippen LogP contribution in [-0.2, 0) is 4.79 Å². The average molecular weight is 420 g/mol. The third-order valence-corrected chi connectivity index (χ3v) is 6.26. The van der Waals surface area contributed by atoms with Gasteiger partial charge in [0.2, 0.25) is 5.78 Å². The van der Waals surface area contributed by atoms with Gasteiger partial charge in [0, 0.05) is 18.1 Å². The molecule has 3 heterocycles. The van der Waals surface area contributed by atoms with Gasteiger partial charge in [-0.15, -0.1) is 11.3 Å². The van der Waals surface area contributed by atoms with Gasteiger partial charge in [-0.2, -0.15) is 0 Å². The Balaban J connectivity index is 1.92. The van der Waals surface area contributed by atoms with Crippen LogP contribution in [-0.4, -0.2) is 26.8 Å². The highest BCUT2D eigenvalue weighted by Gasteiger charge is 2.45. The maximum absolute atomic E-state index is 13.5. The van der Waals surface area contributed by atoms with Gasteiger partial charge < -0.3 is 5.11 Å². The minimum Gasteiger partial charge on any atom is -0.503 e. The quantitative estimate of drug-likeness (QED) is 0.627. The lowest BCUT2D eigenvalue weighted by Gasteiger charge is -2.28. The minimum absolute atomic E-state index is 0.0562. The first-order valence-electron chi connectivity index (χ1n) is 9.52. The predicted molar refractivity (Wildman–Crippen MR) is 116 cm³/mol. The molecule has 1 amide bonds. The van der Waals surface area contributed by atoms with Crippen LogP contribution in [0, 0.1) is 27.7 Å². The van der Waals surface area contributed by atoms with Crippen LogP contribution >= 0.6 is 11.3 Å². The maximum atomic E-state index is 13.5. The van der Waals surface area contributed by atoms with Gasteiger partial charge in [-0.05, 0) is 56.5 Å². The smallest absolute Gasteiger partial charge is 0.294 e. The molecule has 1 aliphatic heterocycles. The molecule has 0 saturated heterocycles. The maximum Gasteiger partial charge on any atom is 0.294 e. The summed E-state index contributed by atoms with van der Waals surface area (Å²) in [6.45, 7) is 7.41. The number of hydrogen-bond acceptors (Lipinski definition) is 6. The van der Waals surface area contributed by atoms with Crippen molar-refractivity contribution >= 4 is 28.7 Å². The number of aryl methyl sites for hydroxylation is 4. The number of pyridine rings is 1. The van der Waals surface area contributed by atoms with E-state index in [1.165, 1.54) is 16.2 Å². The van der Waals surface area contributed by atoms with E-state index in [2.05, 4.69) is 9.97 Å². The Morgan fingerprint density at radius 3 is 2.57 bits per heavy atom. The van der Waals surface area contributed by atoms with Gasteiger partial charge in [-0.1, -0.05) is 18.2 Å². The molecule has 1 atom stereocenters. The molecule has 1 aliphatic rings. The fourth-order valence-corrected chi connectivity index (χ4v) is 4.66. The number of benzene rings is 1. The van der Waals surface area contributed by atoms with Crippen LogP contribution in [0.1, 0.15) is 43.1 Å². The standard InChI is InChI=1S/C23H21N3O3S/c1-12-7-8-13(2)17(10-12)26-19(16-6-5-9-24-11-16)18(21(28)23(26)29)20(27)22-14(3)25-15(4)30-22/h5-11,19,28H,1-4H3. The lowest BCUT2D eigenvalue weighted by atomic mass is 9.95. The molecule has 1 N–H and O–H groups in total. The number of carbonyl (C=O) groups is 2. The van der Waals surface area contributed by atoms with Crippen molar-refractivity contribution in [2.45, 2.75) is 33.7 Å². The van der Waals surface area contributed by atoms with Crippen LogP contribution < -0.4 is 4.90 Å². The van der Waals surface area contributed by atoms with E-state index in [9.17, 15) is 14.7 Å². The number of nitrogens with zero attached hydrogens (tertiary/aromatic N) is 3. The average Bonchev–Trinajstić information content (AvgIpc) is 3.20. The number of hydrogen-bond donors (Lipinski definition) is 1. The fourth-order valence-electron chi connectivity index (χ4n) is 3.78. The van der Waals surface area contributed by atoms with E-state index in [-0.39, 0.29) is 11.4 Å². The third-order valence-electron chi connectivity index (χ3n) is 5.19. The Morgan fingerprint density at radius 1 is 1.17 bits per heavy atom. The zero-order valence-electron chi connectivity index (χ0n) is 17.1. The van der Waals surface area contributed by atoms with Gasteiger partial charge in [0.25, 0.3) is 5.91 Å². The second-order valence-corrected chi connectivity index (χ2v) is 8.60. The summed E-state index contributed by atoms with van der Waals surface area (Å²) >= 11 is 1.26. The van der Waals surface area contributed by atoms with Crippen molar-refractivity contribution in [3.05, 3.63) is 86.3 Å². The Bertz CT molecular complexity index is 1200. The van der Waals surface area contributed by atoms with E-state index >= 15 is 0 Å². The molecule has 0 saturated carbocycles. The molecule has 4 rings (SSSR count). The highest BCUT2D eigenvalue weighted by Crippen LogP contribution is 2.43. The van der Waals surface area contributed by atoms with Crippen LogP contribution in [0.15, 0.2) is 54.1 Å². The Kier molecular flexibility index (Phi) is 4.99. The highest BCUT2D eigenvalue weighted by molar-refractivity contribution is 7.14. The summed E-state index contributed by atoms with van der Waals surface area (Å²) in [7, 11) is 0. The molecule has 0 bridgehead atoms. The second kappa shape index (κ2) is 7.50. The van der Waals surface area contributed by atoms with E-state index < -0.39 is 17.7 Å². The molecule has 1 aromatic carbocycles. The van der Waals surface area contributed by atoms with Gasteiger partial charge in [0.15, 0.2) is 5.76 Å². The Hall–Kier alpha value is -3.32. The van der Waals surface area contributed by atoms with Crippen LogP contribution in [0.25, 0.3) is 0 Å². The van der Waals surface area contributed by atoms with Crippen molar-refractivity contribution in [3.8, 4) is 0 Å². The number of aromatic nitrogens is 2. The Morgan fingerprint density at radius 2 is 1.93 bits per heavy atom. The second-order valence-electron chi connectivity index (χ2n) is 7.39. The van der Waals surface area contributed by atoms with E-state index in [1.54, 1.807) is 31.5 Å². The summed E-state index contributed by atoms with van der Waals surface area (Å²) < 4.78 is 0. The fraction of sp³-hybridized carbons (Fsp3) is 0.217. The zero-order valence-corrected chi connectivity index (χ0v) is 17.9. The first-order valence-corrected chi connectivity index (χ1v) is 10.3. The van der Waals surface area contributed by atoms with Crippen molar-refractivity contribution in [2.24, 2.45) is 0 Å². The van der Waals surface area contributed by atoms with Crippen LogP contribution in [0.3, 0.4) is 0 Å². The molecule has 0 aliphatic carbocycles. The first kappa shape index (κ1) is 20.0. The van der Waals surface area contributed by atoms with E-state index in [0.717, 1.165) is 16.1 Å². The summed E-state index contributed by atoms with van der Waals surface area (Å²) in [5.74, 6) is -1.51. The first-order chi connectivity index (χ1) is 14.3. The summed E-state index contributed by atoms with van der Waals surface area (Å²) in [5.41, 5.74) is 3.79. The SMILES string of the molecule is Cc1ccc(C)c(N2C(=O)C(O)=C(C(=O)c3sc(C)nc3C)C2c2cccnc2)c1. The molecule has 0 fully saturated rings. The topological polar surface area (TPSA) is 83.4 Å². The van der Waals surface area contributed by atoms with Crippen molar-refractivity contribution in [3.63, 3.8) is 0 Å². The number of Topliss-reactive ketones (excluding diaryl/α,β-unsaturated/α-hetero) is 1. The predicted octanol–water partition coefficient (Wildman–Crippen LogP) is 4.55. The molecule has 0 radical (unpaired) electrons. The molecule has 2 aromatic heterocycles. The zero-order chi connectivity index (χ0) is 21.6. The monoisotopic (exact) mass is 419 g/mol. The van der Waals surface area contributed by atoms with E-state index in [4.69, 9.17) is 0 Å². The van der Waals surface area contributed by atoms with E-state index in [1.807, 2.05) is 39.0 Å². The number of rotatable bonds is 4. The van der Waals surface area contributed by atoms with Crippen LogP contribution in [0.2, 0.25) is 0 Å². The lowest BCUT2D eigenvalue weighted by Crippen LogP contribution is -2.31. The van der Waals surface area contributed by atoms with Crippen LogP contribution in [0.5, 0.6) is 0 Å². The normalized spacial score (nSPS) is 16.5. The summed E-state index contributed by atoms with van der Waals surface area (Å²) in [5, 5.41) is 11.6. The van der Waals surface area contributed by atoms with Crippen molar-refractivity contribution in [1.29, 1.82) is 0 Å². The van der Waals surface area contributed by atoms with Gasteiger partial charge in [0.05, 0.1) is 27.2 Å². The molecule has 7 heteroatoms. The van der Waals surface area contributed by atoms with Gasteiger partial charge in [0.1, 0.15) is 0 Å². The third kappa shape index (κ3) is 3.21. The van der Waals surface area contributed by atoms with Crippen molar-refractivity contribution in [2.75, 3.05) is 4.90 Å². The Labute approximate surface area is 178 Å². The largest absolute Gasteiger partial charge is 0.503 e. The van der Waals surface area contributed by atoms with Crippen LogP contribution in [0.4, 0.5) is 5.69 Å². The number of thiazole rings is 1. The number of amides is 1. The number of aliphatic hydroxyl groups is 1. The van der Waals surface area contributed by atoms with Gasteiger partial charge >= 0.3 is 0 Å². The summed E-state index contributed by atoms with van der Waals surface area (Å²) in [6.07, 6.45) is 3.25. The minimum atomic E-state index is -0.777. The van der Waals surface area contributed by atoms with E-state index in [0.29, 0.717) is 21.8 Å². The molecular weight excluding hydrogens is 398 g/mol. The molecule has 1 unspecified atom stereocenters. The number of anilines is 1. The molecular formula is C23H21N3O3S. The number of aliphatic hydroxyl groups excluding tert-OH is 1. The highest BCUT2D eigenvalue weighted by atomic mass is 32.1. The summed E-state index contributed by atoms with van der Waals surface area (Å²) in [4.78, 5) is 37.1. The lowest BCUT2D eigenvalue weighted by molar-refractivity contribution is -0.117. The van der Waals surface area contributed by atoms with Gasteiger partial charge in [-0.25, -0.2) is 4.98 Å². The molecule has 0 spiro atoms. The number of carbonyl (C=O) groups excluding carboxylic acids is 2. The van der Waals surface area contributed by atoms with Crippen molar-refractivity contribution < 1.29 is 14.7 Å². The molecule has 152 valence electrons.